The number of carbonyl (C=O) groups is 2. The van der Waals surface area contributed by atoms with Crippen LogP contribution in [0.2, 0.25) is 0 Å². The van der Waals surface area contributed by atoms with Crippen LogP contribution in [0.25, 0.3) is 5.57 Å². The first kappa shape index (κ1) is 19.6. The molecule has 1 aromatic carbocycles. The number of hydrogen-bond donors (Lipinski definition) is 3. The average Bonchev–Trinajstić information content (AvgIpc) is 3.23. The van der Waals surface area contributed by atoms with Crippen molar-refractivity contribution >= 4 is 28.9 Å². The molecule has 1 fully saturated rings. The number of amides is 2. The lowest BCUT2D eigenvalue weighted by atomic mass is 9.87. The number of nitrogens with zero attached hydrogens (tertiary/aromatic N) is 1. The molecule has 6 nitrogen and oxygen atoms in total. The molecule has 2 aliphatic rings. The first-order chi connectivity index (χ1) is 14.1. The summed E-state index contributed by atoms with van der Waals surface area (Å²) in [5.74, 6) is -0.438. The van der Waals surface area contributed by atoms with Crippen LogP contribution in [0.15, 0.2) is 35.3 Å². The van der Waals surface area contributed by atoms with Crippen LogP contribution in [0, 0.1) is 0 Å². The van der Waals surface area contributed by atoms with Crippen molar-refractivity contribution in [3.63, 3.8) is 0 Å². The zero-order valence-electron chi connectivity index (χ0n) is 16.4. The van der Waals surface area contributed by atoms with E-state index < -0.39 is 5.97 Å². The van der Waals surface area contributed by atoms with E-state index >= 15 is 0 Å². The Kier molecular flexibility index (Phi) is 5.67. The standard InChI is InChI=1S/C22H25N3O3S/c1-2-16-18(20-23-17(12-29-20)13-6-4-3-5-7-13)19(25-22(28)24-16)14-8-10-15(11-9-14)21(26)27/h8-13,19H,2-7H2,1H3,(H,26,27)(H2,24,25,28). The van der Waals surface area contributed by atoms with E-state index in [1.165, 1.54) is 32.1 Å². The van der Waals surface area contributed by atoms with Gasteiger partial charge in [-0.3, -0.25) is 0 Å². The minimum absolute atomic E-state index is 0.226. The number of aromatic nitrogens is 1. The van der Waals surface area contributed by atoms with Crippen molar-refractivity contribution in [1.29, 1.82) is 0 Å². The number of hydrogen-bond acceptors (Lipinski definition) is 4. The molecule has 1 unspecified atom stereocenters. The SMILES string of the molecule is CCC1=C(c2nc(C3CCCCC3)cs2)C(c2ccc(C(=O)O)cc2)NC(=O)N1. The van der Waals surface area contributed by atoms with E-state index in [2.05, 4.69) is 16.0 Å². The number of thiazole rings is 1. The topological polar surface area (TPSA) is 91.3 Å². The zero-order chi connectivity index (χ0) is 20.4. The van der Waals surface area contributed by atoms with Crippen LogP contribution in [0.1, 0.15) is 84.0 Å². The van der Waals surface area contributed by atoms with Crippen molar-refractivity contribution in [1.82, 2.24) is 15.6 Å². The van der Waals surface area contributed by atoms with Gasteiger partial charge in [0.1, 0.15) is 5.01 Å². The molecule has 1 aliphatic carbocycles. The predicted molar refractivity (Wildman–Crippen MR) is 113 cm³/mol. The zero-order valence-corrected chi connectivity index (χ0v) is 17.2. The number of carboxylic acid groups (broad SMARTS) is 1. The molecule has 29 heavy (non-hydrogen) atoms. The van der Waals surface area contributed by atoms with Gasteiger partial charge in [0.25, 0.3) is 0 Å². The minimum atomic E-state index is -0.965. The highest BCUT2D eigenvalue weighted by Gasteiger charge is 2.31. The maximum absolute atomic E-state index is 12.3. The minimum Gasteiger partial charge on any atom is -0.478 e. The largest absolute Gasteiger partial charge is 0.478 e. The van der Waals surface area contributed by atoms with Crippen LogP contribution < -0.4 is 10.6 Å². The van der Waals surface area contributed by atoms with Crippen molar-refractivity contribution in [3.8, 4) is 0 Å². The first-order valence-corrected chi connectivity index (χ1v) is 11.0. The number of urea groups is 1. The fraction of sp³-hybridized carbons (Fsp3) is 0.409. The van der Waals surface area contributed by atoms with E-state index in [4.69, 9.17) is 10.1 Å². The molecule has 2 amide bonds. The number of carboxylic acids is 1. The van der Waals surface area contributed by atoms with Gasteiger partial charge in [-0.05, 0) is 37.0 Å². The lowest BCUT2D eigenvalue weighted by molar-refractivity contribution is 0.0697. The summed E-state index contributed by atoms with van der Waals surface area (Å²) >= 11 is 1.62. The molecule has 3 N–H and O–H groups in total. The molecular weight excluding hydrogens is 386 g/mol. The Balaban J connectivity index is 1.71. The molecule has 0 radical (unpaired) electrons. The third-order valence-electron chi connectivity index (χ3n) is 5.77. The van der Waals surface area contributed by atoms with Gasteiger partial charge in [-0.25, -0.2) is 14.6 Å². The highest BCUT2D eigenvalue weighted by Crippen LogP contribution is 2.39. The second-order valence-electron chi connectivity index (χ2n) is 7.62. The van der Waals surface area contributed by atoms with Gasteiger partial charge in [-0.15, -0.1) is 11.3 Å². The highest BCUT2D eigenvalue weighted by atomic mass is 32.1. The Morgan fingerprint density at radius 3 is 2.59 bits per heavy atom. The predicted octanol–water partition coefficient (Wildman–Crippen LogP) is 5.06. The van der Waals surface area contributed by atoms with E-state index in [9.17, 15) is 9.59 Å². The van der Waals surface area contributed by atoms with Crippen molar-refractivity contribution < 1.29 is 14.7 Å². The molecule has 2 aromatic rings. The summed E-state index contributed by atoms with van der Waals surface area (Å²) in [5, 5.41) is 18.2. The first-order valence-electron chi connectivity index (χ1n) is 10.2. The van der Waals surface area contributed by atoms with Crippen LogP contribution in [0.3, 0.4) is 0 Å². The molecule has 7 heteroatoms. The van der Waals surface area contributed by atoms with Crippen LogP contribution >= 0.6 is 11.3 Å². The number of carbonyl (C=O) groups excluding carboxylic acids is 1. The second-order valence-corrected chi connectivity index (χ2v) is 8.47. The number of benzene rings is 1. The van der Waals surface area contributed by atoms with E-state index in [0.29, 0.717) is 12.3 Å². The Bertz CT molecular complexity index is 942. The van der Waals surface area contributed by atoms with Gasteiger partial charge in [-0.2, -0.15) is 0 Å². The maximum atomic E-state index is 12.3. The smallest absolute Gasteiger partial charge is 0.335 e. The molecule has 1 aromatic heterocycles. The maximum Gasteiger partial charge on any atom is 0.335 e. The quantitative estimate of drug-likeness (QED) is 0.641. The molecule has 1 atom stereocenters. The molecule has 4 rings (SSSR count). The molecule has 0 bridgehead atoms. The Labute approximate surface area is 174 Å². The summed E-state index contributed by atoms with van der Waals surface area (Å²) in [5.41, 5.74) is 4.07. The third kappa shape index (κ3) is 4.05. The van der Waals surface area contributed by atoms with Crippen molar-refractivity contribution in [3.05, 3.63) is 57.2 Å². The second kappa shape index (κ2) is 8.37. The highest BCUT2D eigenvalue weighted by molar-refractivity contribution is 7.10. The summed E-state index contributed by atoms with van der Waals surface area (Å²) in [6.45, 7) is 2.02. The molecule has 0 spiro atoms. The third-order valence-corrected chi connectivity index (χ3v) is 6.67. The number of rotatable bonds is 5. The average molecular weight is 412 g/mol. The van der Waals surface area contributed by atoms with E-state index in [1.807, 2.05) is 6.92 Å². The van der Waals surface area contributed by atoms with Gasteiger partial charge in [0.15, 0.2) is 0 Å². The summed E-state index contributed by atoms with van der Waals surface area (Å²) in [4.78, 5) is 28.4. The van der Waals surface area contributed by atoms with Crippen LogP contribution in [-0.4, -0.2) is 22.1 Å². The molecule has 2 heterocycles. The fourth-order valence-corrected chi connectivity index (χ4v) is 5.22. The Hall–Kier alpha value is -2.67. The normalized spacial score (nSPS) is 20.3. The van der Waals surface area contributed by atoms with E-state index in [1.54, 1.807) is 35.6 Å². The summed E-state index contributed by atoms with van der Waals surface area (Å²) in [7, 11) is 0. The van der Waals surface area contributed by atoms with Gasteiger partial charge in [0, 0.05) is 22.6 Å². The molecule has 1 aliphatic heterocycles. The summed E-state index contributed by atoms with van der Waals surface area (Å²) < 4.78 is 0. The fourth-order valence-electron chi connectivity index (χ4n) is 4.21. The number of allylic oxidation sites excluding steroid dienone is 1. The van der Waals surface area contributed by atoms with Gasteiger partial charge >= 0.3 is 12.0 Å². The molecule has 0 saturated heterocycles. The van der Waals surface area contributed by atoms with Crippen LogP contribution in [0.5, 0.6) is 0 Å². The van der Waals surface area contributed by atoms with Crippen molar-refractivity contribution in [2.45, 2.75) is 57.4 Å². The van der Waals surface area contributed by atoms with E-state index in [-0.39, 0.29) is 17.6 Å². The Morgan fingerprint density at radius 1 is 1.21 bits per heavy atom. The lowest BCUT2D eigenvalue weighted by Gasteiger charge is -2.29. The van der Waals surface area contributed by atoms with Crippen LogP contribution in [-0.2, 0) is 0 Å². The molecular formula is C22H25N3O3S. The van der Waals surface area contributed by atoms with Gasteiger partial charge < -0.3 is 15.7 Å². The Morgan fingerprint density at radius 2 is 1.93 bits per heavy atom. The van der Waals surface area contributed by atoms with Gasteiger partial charge in [0.2, 0.25) is 0 Å². The van der Waals surface area contributed by atoms with Crippen LogP contribution in [0.4, 0.5) is 4.79 Å². The molecule has 1 saturated carbocycles. The monoisotopic (exact) mass is 411 g/mol. The lowest BCUT2D eigenvalue weighted by Crippen LogP contribution is -2.43. The summed E-state index contributed by atoms with van der Waals surface area (Å²) in [6, 6.07) is 6.08. The van der Waals surface area contributed by atoms with Crippen molar-refractivity contribution in [2.24, 2.45) is 0 Å². The number of nitrogens with one attached hydrogen (secondary N) is 2. The summed E-state index contributed by atoms with van der Waals surface area (Å²) in [6.07, 6.45) is 6.90. The van der Waals surface area contributed by atoms with Gasteiger partial charge in [-0.1, -0.05) is 38.3 Å². The van der Waals surface area contributed by atoms with Gasteiger partial charge in [0.05, 0.1) is 17.3 Å². The molecule has 152 valence electrons. The van der Waals surface area contributed by atoms with Crippen molar-refractivity contribution in [2.75, 3.05) is 0 Å². The number of aromatic carboxylic acids is 1. The van der Waals surface area contributed by atoms with E-state index in [0.717, 1.165) is 27.5 Å².